The summed E-state index contributed by atoms with van der Waals surface area (Å²) < 4.78 is 10.4. The number of nitro groups is 1. The van der Waals surface area contributed by atoms with E-state index in [9.17, 15) is 10.1 Å². The van der Waals surface area contributed by atoms with Gasteiger partial charge in [0.05, 0.1) is 24.7 Å². The second kappa shape index (κ2) is 6.93. The second-order valence-corrected chi connectivity index (χ2v) is 3.87. The molecular weight excluding hydrogens is 238 g/mol. The van der Waals surface area contributed by atoms with E-state index in [1.807, 2.05) is 6.07 Å². The summed E-state index contributed by atoms with van der Waals surface area (Å²) in [6.07, 6.45) is 0. The summed E-state index contributed by atoms with van der Waals surface area (Å²) in [6.45, 7) is 4.25. The zero-order valence-electron chi connectivity index (χ0n) is 10.5. The van der Waals surface area contributed by atoms with Gasteiger partial charge in [-0.3, -0.25) is 10.1 Å². The molecule has 6 nitrogen and oxygen atoms in total. The smallest absolute Gasteiger partial charge is 0.311 e. The Morgan fingerprint density at radius 2 is 2.00 bits per heavy atom. The van der Waals surface area contributed by atoms with Crippen LogP contribution in [0.5, 0.6) is 5.75 Å². The highest BCUT2D eigenvalue weighted by Gasteiger charge is 2.18. The fourth-order valence-electron chi connectivity index (χ4n) is 1.62. The van der Waals surface area contributed by atoms with E-state index in [1.54, 1.807) is 13.8 Å². The number of aliphatic hydroxyl groups excluding tert-OH is 1. The van der Waals surface area contributed by atoms with Gasteiger partial charge in [0.15, 0.2) is 5.75 Å². The first-order chi connectivity index (χ1) is 8.56. The maximum absolute atomic E-state index is 10.9. The highest BCUT2D eigenvalue weighted by molar-refractivity contribution is 5.53. The van der Waals surface area contributed by atoms with Gasteiger partial charge in [-0.05, 0) is 25.0 Å². The summed E-state index contributed by atoms with van der Waals surface area (Å²) in [6, 6.07) is 3.31. The van der Waals surface area contributed by atoms with Gasteiger partial charge >= 0.3 is 5.69 Å². The molecule has 1 rings (SSSR count). The number of hydrogen-bond acceptors (Lipinski definition) is 5. The van der Waals surface area contributed by atoms with Crippen LogP contribution in [0.2, 0.25) is 0 Å². The van der Waals surface area contributed by atoms with Crippen LogP contribution in [0.15, 0.2) is 12.1 Å². The number of ether oxygens (including phenoxy) is 2. The fourth-order valence-corrected chi connectivity index (χ4v) is 1.62. The Morgan fingerprint density at radius 1 is 1.28 bits per heavy atom. The molecule has 0 saturated carbocycles. The molecule has 0 aromatic heterocycles. The lowest BCUT2D eigenvalue weighted by Gasteiger charge is -2.10. The minimum Gasteiger partial charge on any atom is -0.484 e. The molecule has 18 heavy (non-hydrogen) atoms. The van der Waals surface area contributed by atoms with Crippen LogP contribution in [-0.4, -0.2) is 36.5 Å². The lowest BCUT2D eigenvalue weighted by molar-refractivity contribution is -0.386. The van der Waals surface area contributed by atoms with Crippen LogP contribution >= 0.6 is 0 Å². The van der Waals surface area contributed by atoms with Crippen molar-refractivity contribution in [2.24, 2.45) is 0 Å². The summed E-state index contributed by atoms with van der Waals surface area (Å²) in [5, 5.41) is 19.4. The molecule has 6 heteroatoms. The van der Waals surface area contributed by atoms with E-state index in [1.165, 1.54) is 6.07 Å². The van der Waals surface area contributed by atoms with E-state index in [-0.39, 0.29) is 37.9 Å². The van der Waals surface area contributed by atoms with Crippen molar-refractivity contribution in [3.05, 3.63) is 33.4 Å². The Balaban J connectivity index is 2.71. The van der Waals surface area contributed by atoms with Crippen LogP contribution in [0.1, 0.15) is 11.1 Å². The van der Waals surface area contributed by atoms with Crippen molar-refractivity contribution in [1.29, 1.82) is 0 Å². The molecule has 1 aromatic rings. The van der Waals surface area contributed by atoms with Crippen LogP contribution in [0.3, 0.4) is 0 Å². The van der Waals surface area contributed by atoms with Crippen molar-refractivity contribution in [3.63, 3.8) is 0 Å². The third kappa shape index (κ3) is 3.97. The molecule has 0 aliphatic carbocycles. The van der Waals surface area contributed by atoms with E-state index in [0.717, 1.165) is 11.1 Å². The van der Waals surface area contributed by atoms with Gasteiger partial charge < -0.3 is 14.6 Å². The minimum absolute atomic E-state index is 0.0327. The van der Waals surface area contributed by atoms with Gasteiger partial charge in [-0.2, -0.15) is 0 Å². The summed E-state index contributed by atoms with van der Waals surface area (Å²) in [5.74, 6) is 0.276. The quantitative estimate of drug-likeness (QED) is 0.454. The average Bonchev–Trinajstić information content (AvgIpc) is 2.30. The van der Waals surface area contributed by atoms with Gasteiger partial charge in [0, 0.05) is 6.07 Å². The first-order valence-electron chi connectivity index (χ1n) is 5.63. The van der Waals surface area contributed by atoms with Gasteiger partial charge in [0.1, 0.15) is 6.61 Å². The number of nitrogens with zero attached hydrogens (tertiary/aromatic N) is 1. The number of rotatable bonds is 7. The highest BCUT2D eigenvalue weighted by Crippen LogP contribution is 2.31. The molecule has 0 radical (unpaired) electrons. The van der Waals surface area contributed by atoms with Gasteiger partial charge in [-0.1, -0.05) is 6.07 Å². The van der Waals surface area contributed by atoms with Gasteiger partial charge in [-0.25, -0.2) is 0 Å². The molecular formula is C12H17NO5. The Labute approximate surface area is 105 Å². The normalized spacial score (nSPS) is 10.4. The number of nitro benzene ring substituents is 1. The Bertz CT molecular complexity index is 419. The topological polar surface area (TPSA) is 81.8 Å². The fraction of sp³-hybridized carbons (Fsp3) is 0.500. The van der Waals surface area contributed by atoms with E-state index in [2.05, 4.69) is 0 Å². The van der Waals surface area contributed by atoms with Crippen LogP contribution in [0.4, 0.5) is 5.69 Å². The predicted octanol–water partition coefficient (Wildman–Crippen LogP) is 1.60. The second-order valence-electron chi connectivity index (χ2n) is 3.87. The summed E-state index contributed by atoms with van der Waals surface area (Å²) in [7, 11) is 0. The largest absolute Gasteiger partial charge is 0.484 e. The van der Waals surface area contributed by atoms with Crippen molar-refractivity contribution >= 4 is 5.69 Å². The van der Waals surface area contributed by atoms with E-state index in [0.29, 0.717) is 0 Å². The summed E-state index contributed by atoms with van der Waals surface area (Å²) in [5.41, 5.74) is 1.52. The van der Waals surface area contributed by atoms with Crippen LogP contribution in [0, 0.1) is 24.0 Å². The van der Waals surface area contributed by atoms with Crippen molar-refractivity contribution in [2.45, 2.75) is 13.8 Å². The third-order valence-electron chi connectivity index (χ3n) is 2.31. The zero-order chi connectivity index (χ0) is 13.5. The van der Waals surface area contributed by atoms with Gasteiger partial charge in [0.2, 0.25) is 0 Å². The molecule has 0 heterocycles. The molecule has 0 spiro atoms. The van der Waals surface area contributed by atoms with E-state index < -0.39 is 4.92 Å². The molecule has 0 unspecified atom stereocenters. The number of benzene rings is 1. The molecule has 100 valence electrons. The summed E-state index contributed by atoms with van der Waals surface area (Å²) in [4.78, 5) is 10.5. The predicted molar refractivity (Wildman–Crippen MR) is 66.0 cm³/mol. The molecule has 0 fully saturated rings. The van der Waals surface area contributed by atoms with E-state index >= 15 is 0 Å². The Kier molecular flexibility index (Phi) is 5.54. The summed E-state index contributed by atoms with van der Waals surface area (Å²) >= 11 is 0. The van der Waals surface area contributed by atoms with Crippen molar-refractivity contribution < 1.29 is 19.5 Å². The van der Waals surface area contributed by atoms with Crippen molar-refractivity contribution in [1.82, 2.24) is 0 Å². The van der Waals surface area contributed by atoms with Crippen molar-refractivity contribution in [2.75, 3.05) is 26.4 Å². The monoisotopic (exact) mass is 255 g/mol. The molecule has 1 aromatic carbocycles. The average molecular weight is 255 g/mol. The van der Waals surface area contributed by atoms with Crippen LogP contribution < -0.4 is 4.74 Å². The third-order valence-corrected chi connectivity index (χ3v) is 2.31. The molecule has 0 aliphatic rings. The standard InChI is InChI=1S/C12H17NO5/c1-9-7-10(2)12(11(8-9)13(15)16)18-6-5-17-4-3-14/h7-8,14H,3-6H2,1-2H3. The van der Waals surface area contributed by atoms with Gasteiger partial charge in [-0.15, -0.1) is 0 Å². The first-order valence-corrected chi connectivity index (χ1v) is 5.63. The first kappa shape index (κ1) is 14.4. The van der Waals surface area contributed by atoms with E-state index in [4.69, 9.17) is 14.6 Å². The van der Waals surface area contributed by atoms with Crippen LogP contribution in [-0.2, 0) is 4.74 Å². The lowest BCUT2D eigenvalue weighted by atomic mass is 10.1. The molecule has 1 N–H and O–H groups in total. The minimum atomic E-state index is -0.454. The molecule has 0 atom stereocenters. The lowest BCUT2D eigenvalue weighted by Crippen LogP contribution is -2.10. The maximum Gasteiger partial charge on any atom is 0.311 e. The molecule has 0 aliphatic heterocycles. The molecule has 0 saturated heterocycles. The number of hydrogen-bond donors (Lipinski definition) is 1. The zero-order valence-corrected chi connectivity index (χ0v) is 10.5. The molecule has 0 amide bonds. The highest BCUT2D eigenvalue weighted by atomic mass is 16.6. The number of aliphatic hydroxyl groups is 1. The Hall–Kier alpha value is -1.66. The SMILES string of the molecule is Cc1cc(C)c(OCCOCCO)c([N+](=O)[O-])c1. The van der Waals surface area contributed by atoms with Crippen molar-refractivity contribution in [3.8, 4) is 5.75 Å². The Morgan fingerprint density at radius 3 is 2.61 bits per heavy atom. The van der Waals surface area contributed by atoms with Gasteiger partial charge in [0.25, 0.3) is 0 Å². The maximum atomic E-state index is 10.9. The number of aryl methyl sites for hydroxylation is 2. The van der Waals surface area contributed by atoms with Crippen LogP contribution in [0.25, 0.3) is 0 Å². The molecule has 0 bridgehead atoms.